The van der Waals surface area contributed by atoms with E-state index >= 15 is 0 Å². The SMILES string of the molecule is CCCC(=O)c1cn(C)c2cc3c(cc12)CN(C(C)(C)C)C3. The summed E-state index contributed by atoms with van der Waals surface area (Å²) < 4.78 is 2.10. The zero-order valence-electron chi connectivity index (χ0n) is 14.4. The predicted octanol–water partition coefficient (Wildman–Crippen LogP) is 4.28. The lowest BCUT2D eigenvalue weighted by atomic mass is 10.0. The number of Topliss-reactive ketones (excluding diaryl/α,β-unsaturated/α-hetero) is 1. The first-order valence-electron chi connectivity index (χ1n) is 8.20. The number of aryl methyl sites for hydroxylation is 1. The summed E-state index contributed by atoms with van der Waals surface area (Å²) in [5.41, 5.74) is 5.01. The van der Waals surface area contributed by atoms with Crippen molar-refractivity contribution in [2.45, 2.75) is 59.2 Å². The molecule has 0 atom stereocenters. The van der Waals surface area contributed by atoms with Crippen LogP contribution in [-0.4, -0.2) is 20.8 Å². The van der Waals surface area contributed by atoms with Gasteiger partial charge in [0.05, 0.1) is 0 Å². The van der Waals surface area contributed by atoms with E-state index in [9.17, 15) is 4.79 Å². The van der Waals surface area contributed by atoms with E-state index in [1.807, 2.05) is 13.2 Å². The van der Waals surface area contributed by atoms with Crippen LogP contribution in [-0.2, 0) is 20.1 Å². The molecular formula is C19H26N2O. The summed E-state index contributed by atoms with van der Waals surface area (Å²) in [4.78, 5) is 14.9. The zero-order valence-corrected chi connectivity index (χ0v) is 14.4. The third kappa shape index (κ3) is 2.48. The molecule has 0 saturated heterocycles. The monoisotopic (exact) mass is 298 g/mol. The highest BCUT2D eigenvalue weighted by molar-refractivity contribution is 6.08. The first kappa shape index (κ1) is 15.3. The molecule has 118 valence electrons. The molecule has 1 aliphatic heterocycles. The van der Waals surface area contributed by atoms with Crippen LogP contribution >= 0.6 is 0 Å². The smallest absolute Gasteiger partial charge is 0.165 e. The van der Waals surface area contributed by atoms with Gasteiger partial charge in [0.25, 0.3) is 0 Å². The van der Waals surface area contributed by atoms with E-state index < -0.39 is 0 Å². The van der Waals surface area contributed by atoms with E-state index in [2.05, 4.69) is 49.3 Å². The molecule has 3 heteroatoms. The van der Waals surface area contributed by atoms with E-state index in [0.29, 0.717) is 6.42 Å². The molecule has 3 nitrogen and oxygen atoms in total. The maximum Gasteiger partial charge on any atom is 0.165 e. The van der Waals surface area contributed by atoms with Crippen LogP contribution in [0.2, 0.25) is 0 Å². The minimum absolute atomic E-state index is 0.173. The number of carbonyl (C=O) groups excluding carboxylic acids is 1. The molecule has 0 fully saturated rings. The molecule has 0 aliphatic carbocycles. The normalized spacial score (nSPS) is 15.5. The molecule has 1 aliphatic rings. The van der Waals surface area contributed by atoms with Gasteiger partial charge in [-0.15, -0.1) is 0 Å². The number of hydrogen-bond acceptors (Lipinski definition) is 2. The molecule has 22 heavy (non-hydrogen) atoms. The summed E-state index contributed by atoms with van der Waals surface area (Å²) in [5.74, 6) is 0.263. The van der Waals surface area contributed by atoms with Crippen LogP contribution in [0.3, 0.4) is 0 Å². The Balaban J connectivity index is 2.06. The zero-order chi connectivity index (χ0) is 16.1. The summed E-state index contributed by atoms with van der Waals surface area (Å²) in [5, 5.41) is 1.12. The summed E-state index contributed by atoms with van der Waals surface area (Å²) in [7, 11) is 2.04. The molecule has 2 heterocycles. The lowest BCUT2D eigenvalue weighted by molar-refractivity contribution is 0.0983. The van der Waals surface area contributed by atoms with Crippen molar-refractivity contribution in [3.05, 3.63) is 35.0 Å². The molecule has 0 radical (unpaired) electrons. The average molecular weight is 298 g/mol. The molecule has 0 N–H and O–H groups in total. The predicted molar refractivity (Wildman–Crippen MR) is 91.2 cm³/mol. The van der Waals surface area contributed by atoms with Gasteiger partial charge >= 0.3 is 0 Å². The first-order chi connectivity index (χ1) is 10.3. The number of rotatable bonds is 3. The number of aromatic nitrogens is 1. The molecule has 0 spiro atoms. The van der Waals surface area contributed by atoms with Crippen molar-refractivity contribution in [1.29, 1.82) is 0 Å². The average Bonchev–Trinajstić information content (AvgIpc) is 2.98. The van der Waals surface area contributed by atoms with Crippen LogP contribution < -0.4 is 0 Å². The molecule has 3 rings (SSSR count). The number of benzene rings is 1. The third-order valence-corrected chi connectivity index (χ3v) is 4.76. The molecule has 1 aromatic carbocycles. The maximum atomic E-state index is 12.4. The van der Waals surface area contributed by atoms with Gasteiger partial charge in [-0.25, -0.2) is 0 Å². The summed E-state index contributed by atoms with van der Waals surface area (Å²) in [6.45, 7) is 10.8. The maximum absolute atomic E-state index is 12.4. The quantitative estimate of drug-likeness (QED) is 0.790. The standard InChI is InChI=1S/C19H26N2O/c1-6-7-18(22)16-12-20(5)17-9-14-11-21(19(2,3)4)10-13(14)8-15(16)17/h8-9,12H,6-7,10-11H2,1-5H3. The Morgan fingerprint density at radius 1 is 1.18 bits per heavy atom. The number of carbonyl (C=O) groups is 1. The Morgan fingerprint density at radius 2 is 1.82 bits per heavy atom. The van der Waals surface area contributed by atoms with Crippen molar-refractivity contribution in [3.63, 3.8) is 0 Å². The molecule has 0 unspecified atom stereocenters. The van der Waals surface area contributed by atoms with Crippen LogP contribution in [0.5, 0.6) is 0 Å². The van der Waals surface area contributed by atoms with Crippen LogP contribution in [0.15, 0.2) is 18.3 Å². The minimum atomic E-state index is 0.173. The second-order valence-corrected chi connectivity index (χ2v) is 7.49. The fraction of sp³-hybridized carbons (Fsp3) is 0.526. The second-order valence-electron chi connectivity index (χ2n) is 7.49. The second kappa shape index (κ2) is 5.24. The van der Waals surface area contributed by atoms with Gasteiger partial charge in [-0.3, -0.25) is 9.69 Å². The number of nitrogens with zero attached hydrogens (tertiary/aromatic N) is 2. The first-order valence-corrected chi connectivity index (χ1v) is 8.20. The van der Waals surface area contributed by atoms with Crippen LogP contribution in [0.1, 0.15) is 62.0 Å². The largest absolute Gasteiger partial charge is 0.350 e. The fourth-order valence-electron chi connectivity index (χ4n) is 3.34. The van der Waals surface area contributed by atoms with Gasteiger partial charge in [-0.2, -0.15) is 0 Å². The van der Waals surface area contributed by atoms with Crippen LogP contribution in [0.4, 0.5) is 0 Å². The van der Waals surface area contributed by atoms with Crippen molar-refractivity contribution in [2.75, 3.05) is 0 Å². The number of hydrogen-bond donors (Lipinski definition) is 0. The van der Waals surface area contributed by atoms with Gasteiger partial charge in [0, 0.05) is 54.8 Å². The third-order valence-electron chi connectivity index (χ3n) is 4.76. The van der Waals surface area contributed by atoms with Crippen molar-refractivity contribution in [2.24, 2.45) is 7.05 Å². The fourth-order valence-corrected chi connectivity index (χ4v) is 3.34. The highest BCUT2D eigenvalue weighted by Gasteiger charge is 2.29. The molecule has 2 aromatic rings. The minimum Gasteiger partial charge on any atom is -0.350 e. The van der Waals surface area contributed by atoms with Gasteiger partial charge in [0.2, 0.25) is 0 Å². The van der Waals surface area contributed by atoms with E-state index in [1.54, 1.807) is 0 Å². The summed E-state index contributed by atoms with van der Waals surface area (Å²) in [6, 6.07) is 4.53. The van der Waals surface area contributed by atoms with E-state index in [1.165, 1.54) is 16.6 Å². The number of ketones is 1. The van der Waals surface area contributed by atoms with Crippen molar-refractivity contribution in [1.82, 2.24) is 9.47 Å². The van der Waals surface area contributed by atoms with Crippen molar-refractivity contribution < 1.29 is 4.79 Å². The molecular weight excluding hydrogens is 272 g/mol. The lowest BCUT2D eigenvalue weighted by Crippen LogP contribution is -2.36. The van der Waals surface area contributed by atoms with Gasteiger partial charge in [-0.05, 0) is 50.5 Å². The van der Waals surface area contributed by atoms with Crippen LogP contribution in [0.25, 0.3) is 10.9 Å². The van der Waals surface area contributed by atoms with Gasteiger partial charge < -0.3 is 4.57 Å². The topological polar surface area (TPSA) is 25.2 Å². The van der Waals surface area contributed by atoms with E-state index in [-0.39, 0.29) is 11.3 Å². The molecule has 1 aromatic heterocycles. The Morgan fingerprint density at radius 3 is 2.41 bits per heavy atom. The highest BCUT2D eigenvalue weighted by Crippen LogP contribution is 2.34. The molecule has 0 bridgehead atoms. The van der Waals surface area contributed by atoms with Crippen molar-refractivity contribution in [3.8, 4) is 0 Å². The van der Waals surface area contributed by atoms with E-state index in [0.717, 1.165) is 30.5 Å². The Kier molecular flexibility index (Phi) is 3.64. The van der Waals surface area contributed by atoms with E-state index in [4.69, 9.17) is 0 Å². The van der Waals surface area contributed by atoms with Crippen molar-refractivity contribution >= 4 is 16.7 Å². The summed E-state index contributed by atoms with van der Waals surface area (Å²) >= 11 is 0. The van der Waals surface area contributed by atoms with Gasteiger partial charge in [0.15, 0.2) is 5.78 Å². The Bertz CT molecular complexity index is 734. The lowest BCUT2D eigenvalue weighted by Gasteiger charge is -2.31. The van der Waals surface area contributed by atoms with Gasteiger partial charge in [0.1, 0.15) is 0 Å². The Labute approximate surface area is 132 Å². The Hall–Kier alpha value is -1.61. The van der Waals surface area contributed by atoms with Crippen LogP contribution in [0, 0.1) is 0 Å². The summed E-state index contributed by atoms with van der Waals surface area (Å²) in [6.07, 6.45) is 3.53. The molecule has 0 amide bonds. The molecule has 0 saturated carbocycles. The highest BCUT2D eigenvalue weighted by atomic mass is 16.1. The number of fused-ring (bicyclic) bond motifs is 2. The van der Waals surface area contributed by atoms with Gasteiger partial charge in [-0.1, -0.05) is 6.92 Å².